The summed E-state index contributed by atoms with van der Waals surface area (Å²) in [5.41, 5.74) is 6.33. The first-order valence-corrected chi connectivity index (χ1v) is 6.83. The van der Waals surface area contributed by atoms with Crippen LogP contribution in [0.5, 0.6) is 5.75 Å². The summed E-state index contributed by atoms with van der Waals surface area (Å²) in [6.45, 7) is 1.83. The van der Waals surface area contributed by atoms with Crippen molar-refractivity contribution in [2.75, 3.05) is 0 Å². The van der Waals surface area contributed by atoms with Gasteiger partial charge in [0.1, 0.15) is 12.4 Å². The molecule has 1 amide bonds. The number of esters is 1. The number of rotatable bonds is 6. The topological polar surface area (TPSA) is 78.6 Å². The van der Waals surface area contributed by atoms with Gasteiger partial charge in [-0.05, 0) is 36.8 Å². The van der Waals surface area contributed by atoms with E-state index in [2.05, 4.69) is 0 Å². The Morgan fingerprint density at radius 3 is 2.27 bits per heavy atom. The zero-order valence-electron chi connectivity index (χ0n) is 12.2. The van der Waals surface area contributed by atoms with E-state index in [0.717, 1.165) is 11.3 Å². The molecule has 0 spiro atoms. The van der Waals surface area contributed by atoms with Gasteiger partial charge in [0, 0.05) is 0 Å². The molecule has 22 heavy (non-hydrogen) atoms. The summed E-state index contributed by atoms with van der Waals surface area (Å²) in [6, 6.07) is 16.2. The molecule has 0 unspecified atom stereocenters. The van der Waals surface area contributed by atoms with Gasteiger partial charge in [-0.25, -0.2) is 4.79 Å². The van der Waals surface area contributed by atoms with Crippen LogP contribution >= 0.6 is 0 Å². The second-order valence-electron chi connectivity index (χ2n) is 4.75. The second kappa shape index (κ2) is 7.26. The maximum Gasteiger partial charge on any atom is 0.338 e. The molecule has 2 aromatic carbocycles. The summed E-state index contributed by atoms with van der Waals surface area (Å²) in [6.07, 6.45) is -0.950. The highest BCUT2D eigenvalue weighted by molar-refractivity contribution is 5.91. The van der Waals surface area contributed by atoms with Crippen molar-refractivity contribution in [2.45, 2.75) is 19.6 Å². The van der Waals surface area contributed by atoms with Crippen molar-refractivity contribution < 1.29 is 19.1 Å². The van der Waals surface area contributed by atoms with Crippen LogP contribution < -0.4 is 10.5 Å². The molecule has 0 radical (unpaired) electrons. The zero-order valence-corrected chi connectivity index (χ0v) is 12.2. The Balaban J connectivity index is 1.92. The summed E-state index contributed by atoms with van der Waals surface area (Å²) in [4.78, 5) is 22.7. The molecule has 5 nitrogen and oxygen atoms in total. The average molecular weight is 299 g/mol. The number of benzene rings is 2. The van der Waals surface area contributed by atoms with Crippen molar-refractivity contribution in [1.82, 2.24) is 0 Å². The first-order valence-electron chi connectivity index (χ1n) is 6.83. The van der Waals surface area contributed by atoms with Gasteiger partial charge in [0.2, 0.25) is 0 Å². The number of carbonyl (C=O) groups is 2. The molecule has 0 saturated carbocycles. The van der Waals surface area contributed by atoms with Gasteiger partial charge in [-0.1, -0.05) is 30.3 Å². The van der Waals surface area contributed by atoms with E-state index >= 15 is 0 Å². The predicted molar refractivity (Wildman–Crippen MR) is 81.3 cm³/mol. The molecule has 5 heteroatoms. The fraction of sp³-hybridized carbons (Fsp3) is 0.176. The van der Waals surface area contributed by atoms with E-state index in [-0.39, 0.29) is 0 Å². The van der Waals surface area contributed by atoms with Crippen molar-refractivity contribution in [3.63, 3.8) is 0 Å². The first-order chi connectivity index (χ1) is 10.6. The molecule has 2 aromatic rings. The van der Waals surface area contributed by atoms with Crippen LogP contribution in [0, 0.1) is 0 Å². The lowest BCUT2D eigenvalue weighted by molar-refractivity contribution is -0.125. The Morgan fingerprint density at radius 1 is 1.05 bits per heavy atom. The minimum absolute atomic E-state index is 0.358. The van der Waals surface area contributed by atoms with Crippen molar-refractivity contribution in [3.05, 3.63) is 65.7 Å². The minimum Gasteiger partial charge on any atom is -0.489 e. The molecule has 114 valence electrons. The van der Waals surface area contributed by atoms with E-state index in [4.69, 9.17) is 15.2 Å². The van der Waals surface area contributed by atoms with Gasteiger partial charge >= 0.3 is 5.97 Å². The maximum atomic E-state index is 11.8. The normalized spacial score (nSPS) is 11.5. The predicted octanol–water partition coefficient (Wildman–Crippen LogP) is 2.30. The number of ether oxygens (including phenoxy) is 2. The van der Waals surface area contributed by atoms with Crippen LogP contribution in [0.2, 0.25) is 0 Å². The molecule has 0 aliphatic rings. The molecule has 0 fully saturated rings. The van der Waals surface area contributed by atoms with Crippen LogP contribution in [0.25, 0.3) is 0 Å². The van der Waals surface area contributed by atoms with E-state index in [1.54, 1.807) is 24.3 Å². The standard InChI is InChI=1S/C17H17NO4/c1-12(16(18)19)22-17(20)14-9-7-13(8-10-14)11-21-15-5-3-2-4-6-15/h2-10,12H,11H2,1H3,(H2,18,19)/t12-/m1/s1. The number of hydrogen-bond acceptors (Lipinski definition) is 4. The van der Waals surface area contributed by atoms with Gasteiger partial charge < -0.3 is 15.2 Å². The van der Waals surface area contributed by atoms with Gasteiger partial charge in [-0.2, -0.15) is 0 Å². The van der Waals surface area contributed by atoms with E-state index < -0.39 is 18.0 Å². The maximum absolute atomic E-state index is 11.8. The largest absolute Gasteiger partial charge is 0.489 e. The summed E-state index contributed by atoms with van der Waals surface area (Å²) >= 11 is 0. The van der Waals surface area contributed by atoms with Crippen molar-refractivity contribution in [3.8, 4) is 5.75 Å². The van der Waals surface area contributed by atoms with Crippen molar-refractivity contribution >= 4 is 11.9 Å². The molecular weight excluding hydrogens is 282 g/mol. The third-order valence-corrected chi connectivity index (χ3v) is 3.02. The van der Waals surface area contributed by atoms with Gasteiger partial charge in [0.25, 0.3) is 5.91 Å². The van der Waals surface area contributed by atoms with Crippen LogP contribution in [0.15, 0.2) is 54.6 Å². The highest BCUT2D eigenvalue weighted by Crippen LogP contribution is 2.13. The highest BCUT2D eigenvalue weighted by atomic mass is 16.5. The van der Waals surface area contributed by atoms with E-state index in [1.807, 2.05) is 30.3 Å². The molecule has 0 aromatic heterocycles. The zero-order chi connectivity index (χ0) is 15.9. The molecule has 0 bridgehead atoms. The molecule has 2 rings (SSSR count). The van der Waals surface area contributed by atoms with Crippen LogP contribution in [0.3, 0.4) is 0 Å². The monoisotopic (exact) mass is 299 g/mol. The third kappa shape index (κ3) is 4.34. The lowest BCUT2D eigenvalue weighted by atomic mass is 10.1. The Morgan fingerprint density at radius 2 is 1.68 bits per heavy atom. The fourth-order valence-electron chi connectivity index (χ4n) is 1.71. The molecule has 2 N–H and O–H groups in total. The summed E-state index contributed by atoms with van der Waals surface area (Å²) in [5, 5.41) is 0. The quantitative estimate of drug-likeness (QED) is 0.830. The summed E-state index contributed by atoms with van der Waals surface area (Å²) in [5.74, 6) is -0.482. The SMILES string of the molecule is C[C@@H](OC(=O)c1ccc(COc2ccccc2)cc1)C(N)=O. The Kier molecular flexibility index (Phi) is 5.14. The summed E-state index contributed by atoms with van der Waals surface area (Å²) in [7, 11) is 0. The second-order valence-corrected chi connectivity index (χ2v) is 4.75. The van der Waals surface area contributed by atoms with Gasteiger partial charge in [-0.3, -0.25) is 4.79 Å². The van der Waals surface area contributed by atoms with E-state index in [1.165, 1.54) is 6.92 Å². The van der Waals surface area contributed by atoms with Crippen molar-refractivity contribution in [2.24, 2.45) is 5.73 Å². The van der Waals surface area contributed by atoms with Crippen LogP contribution in [-0.2, 0) is 16.1 Å². The molecule has 0 aliphatic heterocycles. The minimum atomic E-state index is -0.950. The van der Waals surface area contributed by atoms with Gasteiger partial charge in [0.15, 0.2) is 6.10 Å². The van der Waals surface area contributed by atoms with Crippen molar-refractivity contribution in [1.29, 1.82) is 0 Å². The molecular formula is C17H17NO4. The first kappa shape index (κ1) is 15.6. The van der Waals surface area contributed by atoms with Crippen LogP contribution in [0.1, 0.15) is 22.8 Å². The smallest absolute Gasteiger partial charge is 0.338 e. The number of para-hydroxylation sites is 1. The summed E-state index contributed by atoms with van der Waals surface area (Å²) < 4.78 is 10.5. The Labute approximate surface area is 128 Å². The molecule has 0 aliphatic carbocycles. The molecule has 0 heterocycles. The van der Waals surface area contributed by atoms with Crippen LogP contribution in [0.4, 0.5) is 0 Å². The third-order valence-electron chi connectivity index (χ3n) is 3.02. The van der Waals surface area contributed by atoms with Crippen LogP contribution in [-0.4, -0.2) is 18.0 Å². The highest BCUT2D eigenvalue weighted by Gasteiger charge is 2.15. The number of hydrogen-bond donors (Lipinski definition) is 1. The molecule has 1 atom stereocenters. The van der Waals surface area contributed by atoms with Gasteiger partial charge in [-0.15, -0.1) is 0 Å². The number of primary amides is 1. The van der Waals surface area contributed by atoms with E-state index in [9.17, 15) is 9.59 Å². The van der Waals surface area contributed by atoms with E-state index in [0.29, 0.717) is 12.2 Å². The Bertz CT molecular complexity index is 637. The number of carbonyl (C=O) groups excluding carboxylic acids is 2. The lowest BCUT2D eigenvalue weighted by Gasteiger charge is -2.10. The number of amides is 1. The number of nitrogens with two attached hydrogens (primary N) is 1. The lowest BCUT2D eigenvalue weighted by Crippen LogP contribution is -2.30. The molecule has 0 saturated heterocycles. The average Bonchev–Trinajstić information content (AvgIpc) is 2.54. The fourth-order valence-corrected chi connectivity index (χ4v) is 1.71. The van der Waals surface area contributed by atoms with Gasteiger partial charge in [0.05, 0.1) is 5.56 Å². The Hall–Kier alpha value is -2.82.